The van der Waals surface area contributed by atoms with Crippen LogP contribution in [0.1, 0.15) is 29.9 Å². The standard InChI is InChI=1S/C14H18FN3O/c1-9(16-7-13-10(2)17-8-18-13)11-4-5-14(19-3)12(15)6-11/h4-6,8-9,16H,7H2,1-3H3,(H,17,18). The summed E-state index contributed by atoms with van der Waals surface area (Å²) in [6.45, 7) is 4.61. The second-order valence-corrected chi connectivity index (χ2v) is 4.47. The summed E-state index contributed by atoms with van der Waals surface area (Å²) < 4.78 is 18.5. The molecule has 1 aromatic heterocycles. The van der Waals surface area contributed by atoms with Crippen LogP contribution >= 0.6 is 0 Å². The van der Waals surface area contributed by atoms with Crippen molar-refractivity contribution in [1.29, 1.82) is 0 Å². The molecule has 0 fully saturated rings. The summed E-state index contributed by atoms with van der Waals surface area (Å²) in [6, 6.07) is 5.03. The van der Waals surface area contributed by atoms with Crippen molar-refractivity contribution in [3.63, 3.8) is 0 Å². The lowest BCUT2D eigenvalue weighted by molar-refractivity contribution is 0.385. The van der Waals surface area contributed by atoms with Crippen LogP contribution in [0.4, 0.5) is 4.39 Å². The van der Waals surface area contributed by atoms with Gasteiger partial charge in [-0.15, -0.1) is 0 Å². The van der Waals surface area contributed by atoms with Crippen molar-refractivity contribution in [3.8, 4) is 5.75 Å². The molecule has 0 saturated heterocycles. The van der Waals surface area contributed by atoms with Crippen LogP contribution in [0.5, 0.6) is 5.75 Å². The summed E-state index contributed by atoms with van der Waals surface area (Å²) in [5.74, 6) is -0.0799. The first-order chi connectivity index (χ1) is 9.11. The number of nitrogens with one attached hydrogen (secondary N) is 2. The second-order valence-electron chi connectivity index (χ2n) is 4.47. The fourth-order valence-electron chi connectivity index (χ4n) is 1.88. The summed E-state index contributed by atoms with van der Waals surface area (Å²) in [5.41, 5.74) is 2.90. The number of H-pyrrole nitrogens is 1. The van der Waals surface area contributed by atoms with Crippen LogP contribution in [0.2, 0.25) is 0 Å². The molecule has 0 spiro atoms. The molecule has 0 aliphatic heterocycles. The Kier molecular flexibility index (Phi) is 4.16. The van der Waals surface area contributed by atoms with Crippen molar-refractivity contribution in [2.45, 2.75) is 26.4 Å². The number of benzene rings is 1. The quantitative estimate of drug-likeness (QED) is 0.872. The van der Waals surface area contributed by atoms with Gasteiger partial charge in [-0.1, -0.05) is 6.07 Å². The highest BCUT2D eigenvalue weighted by Gasteiger charge is 2.10. The minimum Gasteiger partial charge on any atom is -0.494 e. The molecule has 0 saturated carbocycles. The van der Waals surface area contributed by atoms with Gasteiger partial charge in [-0.3, -0.25) is 0 Å². The van der Waals surface area contributed by atoms with Crippen LogP contribution in [-0.4, -0.2) is 17.1 Å². The maximum atomic E-state index is 13.6. The molecule has 4 nitrogen and oxygen atoms in total. The number of hydrogen-bond acceptors (Lipinski definition) is 3. The van der Waals surface area contributed by atoms with E-state index in [4.69, 9.17) is 4.74 Å². The summed E-state index contributed by atoms with van der Waals surface area (Å²) >= 11 is 0. The molecule has 19 heavy (non-hydrogen) atoms. The molecule has 2 aromatic rings. The third-order valence-electron chi connectivity index (χ3n) is 3.19. The predicted octanol–water partition coefficient (Wildman–Crippen LogP) is 2.72. The first-order valence-electron chi connectivity index (χ1n) is 6.17. The predicted molar refractivity (Wildman–Crippen MR) is 71.5 cm³/mol. The topological polar surface area (TPSA) is 49.9 Å². The molecule has 2 N–H and O–H groups in total. The third-order valence-corrected chi connectivity index (χ3v) is 3.19. The minimum atomic E-state index is -0.343. The average Bonchev–Trinajstić information content (AvgIpc) is 2.81. The van der Waals surface area contributed by atoms with Crippen LogP contribution in [0, 0.1) is 12.7 Å². The monoisotopic (exact) mass is 263 g/mol. The number of hydrogen-bond donors (Lipinski definition) is 2. The van der Waals surface area contributed by atoms with E-state index in [1.165, 1.54) is 13.2 Å². The molecule has 0 aliphatic rings. The Balaban J connectivity index is 2.02. The molecule has 0 amide bonds. The summed E-state index contributed by atoms with van der Waals surface area (Å²) in [5, 5.41) is 3.32. The van der Waals surface area contributed by atoms with Gasteiger partial charge in [0.05, 0.1) is 19.1 Å². The summed E-state index contributed by atoms with van der Waals surface area (Å²) in [6.07, 6.45) is 1.67. The van der Waals surface area contributed by atoms with E-state index in [0.29, 0.717) is 6.54 Å². The average molecular weight is 263 g/mol. The molecule has 0 aliphatic carbocycles. The lowest BCUT2D eigenvalue weighted by Gasteiger charge is -2.14. The van der Waals surface area contributed by atoms with Crippen molar-refractivity contribution >= 4 is 0 Å². The Hall–Kier alpha value is -1.88. The van der Waals surface area contributed by atoms with Crippen LogP contribution < -0.4 is 10.1 Å². The molecule has 1 atom stereocenters. The summed E-state index contributed by atoms with van der Waals surface area (Å²) in [7, 11) is 1.46. The first kappa shape index (κ1) is 13.5. The molecular formula is C14H18FN3O. The normalized spacial score (nSPS) is 12.4. The number of methoxy groups -OCH3 is 1. The van der Waals surface area contributed by atoms with Gasteiger partial charge in [-0.05, 0) is 31.5 Å². The van der Waals surface area contributed by atoms with Gasteiger partial charge in [0, 0.05) is 18.3 Å². The number of rotatable bonds is 5. The van der Waals surface area contributed by atoms with Crippen molar-refractivity contribution in [2.75, 3.05) is 7.11 Å². The van der Waals surface area contributed by atoms with Gasteiger partial charge < -0.3 is 15.0 Å². The van der Waals surface area contributed by atoms with Crippen LogP contribution in [-0.2, 0) is 6.54 Å². The molecule has 102 valence electrons. The van der Waals surface area contributed by atoms with Gasteiger partial charge in [-0.25, -0.2) is 9.37 Å². The molecule has 0 bridgehead atoms. The van der Waals surface area contributed by atoms with E-state index in [-0.39, 0.29) is 17.6 Å². The number of aryl methyl sites for hydroxylation is 1. The first-order valence-corrected chi connectivity index (χ1v) is 6.17. The maximum Gasteiger partial charge on any atom is 0.165 e. The molecule has 5 heteroatoms. The van der Waals surface area contributed by atoms with Gasteiger partial charge in [0.2, 0.25) is 0 Å². The van der Waals surface area contributed by atoms with Gasteiger partial charge in [0.1, 0.15) is 0 Å². The summed E-state index contributed by atoms with van der Waals surface area (Å²) in [4.78, 5) is 7.24. The molecular weight excluding hydrogens is 245 g/mol. The van der Waals surface area contributed by atoms with Crippen molar-refractivity contribution in [1.82, 2.24) is 15.3 Å². The van der Waals surface area contributed by atoms with Gasteiger partial charge in [-0.2, -0.15) is 0 Å². The Morgan fingerprint density at radius 1 is 1.47 bits per heavy atom. The van der Waals surface area contributed by atoms with Crippen LogP contribution in [0.3, 0.4) is 0 Å². The number of aromatic amines is 1. The van der Waals surface area contributed by atoms with E-state index >= 15 is 0 Å². The van der Waals surface area contributed by atoms with Gasteiger partial charge >= 0.3 is 0 Å². The second kappa shape index (κ2) is 5.84. The molecule has 1 heterocycles. The van der Waals surface area contributed by atoms with Crippen LogP contribution in [0.25, 0.3) is 0 Å². The maximum absolute atomic E-state index is 13.6. The number of imidazole rings is 1. The molecule has 2 rings (SSSR count). The van der Waals surface area contributed by atoms with E-state index in [0.717, 1.165) is 17.0 Å². The lowest BCUT2D eigenvalue weighted by Crippen LogP contribution is -2.19. The molecule has 1 unspecified atom stereocenters. The zero-order valence-corrected chi connectivity index (χ0v) is 11.3. The van der Waals surface area contributed by atoms with Crippen molar-refractivity contribution < 1.29 is 9.13 Å². The largest absolute Gasteiger partial charge is 0.494 e. The zero-order chi connectivity index (χ0) is 13.8. The number of nitrogens with zero attached hydrogens (tertiary/aromatic N) is 1. The van der Waals surface area contributed by atoms with Crippen molar-refractivity contribution in [2.24, 2.45) is 0 Å². The SMILES string of the molecule is COc1ccc(C(C)NCc2nc[nH]c2C)cc1F. The van der Waals surface area contributed by atoms with Crippen molar-refractivity contribution in [3.05, 3.63) is 47.3 Å². The van der Waals surface area contributed by atoms with E-state index in [1.54, 1.807) is 12.4 Å². The number of halogens is 1. The van der Waals surface area contributed by atoms with E-state index in [1.807, 2.05) is 19.9 Å². The smallest absolute Gasteiger partial charge is 0.165 e. The van der Waals surface area contributed by atoms with E-state index < -0.39 is 0 Å². The third kappa shape index (κ3) is 3.12. The Morgan fingerprint density at radius 3 is 2.84 bits per heavy atom. The van der Waals surface area contributed by atoms with E-state index in [2.05, 4.69) is 15.3 Å². The molecule has 1 aromatic carbocycles. The zero-order valence-electron chi connectivity index (χ0n) is 11.3. The number of ether oxygens (including phenoxy) is 1. The van der Waals surface area contributed by atoms with E-state index in [9.17, 15) is 4.39 Å². The molecule has 0 radical (unpaired) electrons. The lowest BCUT2D eigenvalue weighted by atomic mass is 10.1. The number of aromatic nitrogens is 2. The van der Waals surface area contributed by atoms with Crippen LogP contribution in [0.15, 0.2) is 24.5 Å². The van der Waals surface area contributed by atoms with Gasteiger partial charge in [0.15, 0.2) is 11.6 Å². The Morgan fingerprint density at radius 2 is 2.26 bits per heavy atom. The highest BCUT2D eigenvalue weighted by atomic mass is 19.1. The van der Waals surface area contributed by atoms with Gasteiger partial charge in [0.25, 0.3) is 0 Å². The minimum absolute atomic E-state index is 0.0384. The Labute approximate surface area is 112 Å². The fourth-order valence-corrected chi connectivity index (χ4v) is 1.88. The highest BCUT2D eigenvalue weighted by molar-refractivity contribution is 5.30. The highest BCUT2D eigenvalue weighted by Crippen LogP contribution is 2.21. The Bertz CT molecular complexity index is 553. The fraction of sp³-hybridized carbons (Fsp3) is 0.357.